The van der Waals surface area contributed by atoms with Crippen molar-refractivity contribution in [2.45, 2.75) is 0 Å². The van der Waals surface area contributed by atoms with Gasteiger partial charge in [0.15, 0.2) is 5.69 Å². The summed E-state index contributed by atoms with van der Waals surface area (Å²) >= 11 is 6.33. The van der Waals surface area contributed by atoms with Crippen LogP contribution in [0.2, 0.25) is 5.02 Å². The first-order valence-corrected chi connectivity index (χ1v) is 9.28. The molecule has 0 aliphatic rings. The average Bonchev–Trinajstić information content (AvgIpc) is 3.18. The van der Waals surface area contributed by atoms with E-state index >= 15 is 0 Å². The van der Waals surface area contributed by atoms with E-state index in [1.54, 1.807) is 48.5 Å². The van der Waals surface area contributed by atoms with E-state index in [0.29, 0.717) is 28.6 Å². The lowest BCUT2D eigenvalue weighted by Crippen LogP contribution is -2.15. The van der Waals surface area contributed by atoms with Crippen LogP contribution in [0.1, 0.15) is 20.8 Å². The standard InChI is InChI=1S/C22H19ClN2O5/c1-4-12-30-17-11-10-14(13-16(17)23)19-18(21(26)28-2)20(22(27)29-3)25(24-19)15-8-6-5-7-9-15/h4-11,13H,1,12H2,2-3H3. The average molecular weight is 427 g/mol. The second-order valence-corrected chi connectivity index (χ2v) is 6.45. The number of para-hydroxylation sites is 1. The second kappa shape index (κ2) is 9.28. The molecule has 0 fully saturated rings. The Balaban J connectivity index is 2.25. The van der Waals surface area contributed by atoms with Gasteiger partial charge in [0, 0.05) is 5.56 Å². The summed E-state index contributed by atoms with van der Waals surface area (Å²) in [6.07, 6.45) is 1.60. The van der Waals surface area contributed by atoms with Crippen molar-refractivity contribution in [3.63, 3.8) is 0 Å². The highest BCUT2D eigenvalue weighted by molar-refractivity contribution is 6.32. The first kappa shape index (κ1) is 21.1. The molecule has 154 valence electrons. The zero-order valence-electron chi connectivity index (χ0n) is 16.4. The number of rotatable bonds is 7. The number of methoxy groups -OCH3 is 2. The molecule has 3 rings (SSSR count). The number of halogens is 1. The number of nitrogens with zero attached hydrogens (tertiary/aromatic N) is 2. The number of aromatic nitrogens is 2. The van der Waals surface area contributed by atoms with Crippen molar-refractivity contribution in [1.29, 1.82) is 0 Å². The predicted octanol–water partition coefficient (Wildman–Crippen LogP) is 4.33. The smallest absolute Gasteiger partial charge is 0.357 e. The van der Waals surface area contributed by atoms with E-state index in [-0.39, 0.29) is 17.0 Å². The van der Waals surface area contributed by atoms with Crippen molar-refractivity contribution in [2.75, 3.05) is 20.8 Å². The van der Waals surface area contributed by atoms with Gasteiger partial charge in [0.05, 0.1) is 24.9 Å². The zero-order chi connectivity index (χ0) is 21.7. The molecule has 0 saturated heterocycles. The van der Waals surface area contributed by atoms with Crippen LogP contribution in [0.25, 0.3) is 16.9 Å². The van der Waals surface area contributed by atoms with Gasteiger partial charge in [0.25, 0.3) is 0 Å². The van der Waals surface area contributed by atoms with E-state index in [4.69, 9.17) is 25.8 Å². The molecule has 0 radical (unpaired) electrons. The van der Waals surface area contributed by atoms with Gasteiger partial charge in [-0.2, -0.15) is 5.10 Å². The third kappa shape index (κ3) is 4.06. The number of carbonyl (C=O) groups is 2. The normalized spacial score (nSPS) is 10.4. The number of carbonyl (C=O) groups excluding carboxylic acids is 2. The van der Waals surface area contributed by atoms with Crippen LogP contribution in [0.4, 0.5) is 0 Å². The lowest BCUT2D eigenvalue weighted by atomic mass is 10.1. The van der Waals surface area contributed by atoms with Gasteiger partial charge in [-0.05, 0) is 30.3 Å². The summed E-state index contributed by atoms with van der Waals surface area (Å²) in [6, 6.07) is 13.9. The molecule has 1 aromatic heterocycles. The molecule has 0 bridgehead atoms. The summed E-state index contributed by atoms with van der Waals surface area (Å²) in [5.41, 5.74) is 1.23. The van der Waals surface area contributed by atoms with E-state index in [9.17, 15) is 9.59 Å². The Labute approximate surface area is 178 Å². The molecule has 0 amide bonds. The van der Waals surface area contributed by atoms with Crippen LogP contribution in [0.5, 0.6) is 5.75 Å². The molecule has 0 saturated carbocycles. The topological polar surface area (TPSA) is 79.7 Å². The third-order valence-corrected chi connectivity index (χ3v) is 4.51. The second-order valence-electron chi connectivity index (χ2n) is 6.05. The van der Waals surface area contributed by atoms with Gasteiger partial charge in [-0.3, -0.25) is 0 Å². The van der Waals surface area contributed by atoms with Crippen molar-refractivity contribution < 1.29 is 23.8 Å². The monoisotopic (exact) mass is 426 g/mol. The van der Waals surface area contributed by atoms with Gasteiger partial charge < -0.3 is 14.2 Å². The summed E-state index contributed by atoms with van der Waals surface area (Å²) in [5.74, 6) is -0.999. The Kier molecular flexibility index (Phi) is 6.54. The van der Waals surface area contributed by atoms with Gasteiger partial charge in [0.2, 0.25) is 0 Å². The molecule has 0 aliphatic carbocycles. The molecular formula is C22H19ClN2O5. The Morgan fingerprint density at radius 2 is 1.80 bits per heavy atom. The van der Waals surface area contributed by atoms with Gasteiger partial charge in [0.1, 0.15) is 23.6 Å². The van der Waals surface area contributed by atoms with E-state index < -0.39 is 11.9 Å². The van der Waals surface area contributed by atoms with E-state index in [0.717, 1.165) is 0 Å². The molecule has 1 heterocycles. The predicted molar refractivity (Wildman–Crippen MR) is 112 cm³/mol. The summed E-state index contributed by atoms with van der Waals surface area (Å²) in [6.45, 7) is 3.89. The SMILES string of the molecule is C=CCOc1ccc(-c2nn(-c3ccccc3)c(C(=O)OC)c2C(=O)OC)cc1Cl. The van der Waals surface area contributed by atoms with Crippen molar-refractivity contribution in [3.05, 3.63) is 77.5 Å². The largest absolute Gasteiger partial charge is 0.488 e. The molecule has 2 aromatic carbocycles. The molecular weight excluding hydrogens is 408 g/mol. The zero-order valence-corrected chi connectivity index (χ0v) is 17.2. The number of hydrogen-bond acceptors (Lipinski definition) is 6. The number of esters is 2. The van der Waals surface area contributed by atoms with Gasteiger partial charge in [-0.25, -0.2) is 14.3 Å². The minimum atomic E-state index is -0.727. The van der Waals surface area contributed by atoms with Crippen molar-refractivity contribution in [2.24, 2.45) is 0 Å². The number of ether oxygens (including phenoxy) is 3. The molecule has 8 heteroatoms. The first-order valence-electron chi connectivity index (χ1n) is 8.90. The quantitative estimate of drug-likeness (QED) is 0.413. The fourth-order valence-electron chi connectivity index (χ4n) is 2.87. The Morgan fingerprint density at radius 3 is 2.40 bits per heavy atom. The van der Waals surface area contributed by atoms with Crippen LogP contribution < -0.4 is 4.74 Å². The van der Waals surface area contributed by atoms with Crippen LogP contribution in [0.3, 0.4) is 0 Å². The summed E-state index contributed by atoms with van der Waals surface area (Å²) in [4.78, 5) is 25.2. The van der Waals surface area contributed by atoms with Crippen LogP contribution in [-0.2, 0) is 9.47 Å². The molecule has 0 spiro atoms. The van der Waals surface area contributed by atoms with E-state index in [1.807, 2.05) is 6.07 Å². The lowest BCUT2D eigenvalue weighted by Gasteiger charge is -2.08. The highest BCUT2D eigenvalue weighted by Gasteiger charge is 2.31. The minimum absolute atomic E-state index is 0.0240. The van der Waals surface area contributed by atoms with Crippen LogP contribution in [0, 0.1) is 0 Å². The van der Waals surface area contributed by atoms with Gasteiger partial charge in [-0.15, -0.1) is 0 Å². The molecule has 0 aliphatic heterocycles. The maximum atomic E-state index is 12.6. The minimum Gasteiger partial charge on any atom is -0.488 e. The summed E-state index contributed by atoms with van der Waals surface area (Å²) < 4.78 is 16.7. The highest BCUT2D eigenvalue weighted by atomic mass is 35.5. The fraction of sp³-hybridized carbons (Fsp3) is 0.136. The molecule has 7 nitrogen and oxygen atoms in total. The lowest BCUT2D eigenvalue weighted by molar-refractivity contribution is 0.0549. The highest BCUT2D eigenvalue weighted by Crippen LogP contribution is 2.34. The molecule has 0 atom stereocenters. The van der Waals surface area contributed by atoms with E-state index in [2.05, 4.69) is 11.7 Å². The maximum absolute atomic E-state index is 12.6. The number of hydrogen-bond donors (Lipinski definition) is 0. The Bertz CT molecular complexity index is 1090. The third-order valence-electron chi connectivity index (χ3n) is 4.22. The van der Waals surface area contributed by atoms with Gasteiger partial charge in [-0.1, -0.05) is 42.5 Å². The van der Waals surface area contributed by atoms with Gasteiger partial charge >= 0.3 is 11.9 Å². The molecule has 0 unspecified atom stereocenters. The molecule has 30 heavy (non-hydrogen) atoms. The van der Waals surface area contributed by atoms with E-state index in [1.165, 1.54) is 18.9 Å². The Morgan fingerprint density at radius 1 is 1.10 bits per heavy atom. The Hall–Kier alpha value is -3.58. The maximum Gasteiger partial charge on any atom is 0.357 e. The van der Waals surface area contributed by atoms with Crippen LogP contribution in [0.15, 0.2) is 61.2 Å². The molecule has 0 N–H and O–H groups in total. The van der Waals surface area contributed by atoms with Crippen molar-refractivity contribution in [1.82, 2.24) is 9.78 Å². The summed E-state index contributed by atoms with van der Waals surface area (Å²) in [7, 11) is 2.46. The van der Waals surface area contributed by atoms with Crippen LogP contribution in [-0.4, -0.2) is 42.5 Å². The molecule has 3 aromatic rings. The van der Waals surface area contributed by atoms with Crippen LogP contribution >= 0.6 is 11.6 Å². The first-order chi connectivity index (χ1) is 14.5. The fourth-order valence-corrected chi connectivity index (χ4v) is 3.11. The van der Waals surface area contributed by atoms with Crippen molar-refractivity contribution >= 4 is 23.5 Å². The summed E-state index contributed by atoms with van der Waals surface area (Å²) in [5, 5.41) is 4.84. The van der Waals surface area contributed by atoms with Crippen molar-refractivity contribution in [3.8, 4) is 22.7 Å². The number of benzene rings is 2.